The number of amides is 1. The van der Waals surface area contributed by atoms with Gasteiger partial charge in [-0.25, -0.2) is 16.8 Å². The molecule has 0 spiro atoms. The lowest BCUT2D eigenvalue weighted by atomic mass is 10.2. The van der Waals surface area contributed by atoms with Gasteiger partial charge in [0.2, 0.25) is 5.91 Å². The summed E-state index contributed by atoms with van der Waals surface area (Å²) >= 11 is 1.19. The molecule has 0 N–H and O–H groups in total. The van der Waals surface area contributed by atoms with Gasteiger partial charge in [0.25, 0.3) is 10.0 Å². The van der Waals surface area contributed by atoms with Gasteiger partial charge in [0.05, 0.1) is 17.9 Å². The quantitative estimate of drug-likeness (QED) is 0.630. The van der Waals surface area contributed by atoms with Crippen molar-refractivity contribution >= 4 is 37.1 Å². The van der Waals surface area contributed by atoms with E-state index in [1.807, 2.05) is 0 Å². The fourth-order valence-electron chi connectivity index (χ4n) is 4.31. The third kappa shape index (κ3) is 4.68. The maximum Gasteiger partial charge on any atom is 0.252 e. The lowest BCUT2D eigenvalue weighted by molar-refractivity contribution is -0.132. The largest absolute Gasteiger partial charge is 0.340 e. The summed E-state index contributed by atoms with van der Waals surface area (Å²) < 4.78 is 50.5. The first-order valence-electron chi connectivity index (χ1n) is 10.1. The number of nitrogens with zero attached hydrogens (tertiary/aromatic N) is 3. The van der Waals surface area contributed by atoms with E-state index < -0.39 is 19.9 Å². The molecule has 4 heterocycles. The Bertz CT molecular complexity index is 959. The van der Waals surface area contributed by atoms with Crippen molar-refractivity contribution in [1.29, 1.82) is 0 Å². The molecule has 3 aliphatic heterocycles. The zero-order valence-electron chi connectivity index (χ0n) is 16.3. The van der Waals surface area contributed by atoms with Gasteiger partial charge in [0, 0.05) is 50.2 Å². The molecule has 11 heteroatoms. The van der Waals surface area contributed by atoms with Crippen LogP contribution in [0.15, 0.2) is 16.3 Å². The zero-order valence-corrected chi connectivity index (χ0v) is 18.8. The van der Waals surface area contributed by atoms with Crippen LogP contribution in [0.2, 0.25) is 0 Å². The van der Waals surface area contributed by atoms with Crippen LogP contribution in [0, 0.1) is 0 Å². The highest BCUT2D eigenvalue weighted by molar-refractivity contribution is 7.91. The van der Waals surface area contributed by atoms with Crippen LogP contribution >= 0.6 is 11.3 Å². The van der Waals surface area contributed by atoms with Crippen LogP contribution in [0.25, 0.3) is 0 Å². The summed E-state index contributed by atoms with van der Waals surface area (Å²) in [6.07, 6.45) is 2.68. The minimum atomic E-state index is -3.43. The molecular weight excluding hydrogens is 434 g/mol. The molecule has 3 fully saturated rings. The Morgan fingerprint density at radius 1 is 1.07 bits per heavy atom. The molecular formula is C18H27N3O5S3. The Balaban J connectivity index is 1.31. The van der Waals surface area contributed by atoms with E-state index in [-0.39, 0.29) is 29.9 Å². The Morgan fingerprint density at radius 2 is 1.76 bits per heavy atom. The first-order chi connectivity index (χ1) is 13.7. The average molecular weight is 462 g/mol. The third-order valence-electron chi connectivity index (χ3n) is 6.01. The van der Waals surface area contributed by atoms with E-state index in [9.17, 15) is 21.6 Å². The summed E-state index contributed by atoms with van der Waals surface area (Å²) in [5.74, 6) is 0.484. The Hall–Kier alpha value is -1.01. The summed E-state index contributed by atoms with van der Waals surface area (Å²) in [4.78, 5) is 17.4. The number of rotatable bonds is 5. The van der Waals surface area contributed by atoms with E-state index in [2.05, 4.69) is 4.90 Å². The molecule has 1 atom stereocenters. The van der Waals surface area contributed by atoms with Gasteiger partial charge in [-0.15, -0.1) is 11.3 Å². The van der Waals surface area contributed by atoms with E-state index >= 15 is 0 Å². The first kappa shape index (κ1) is 21.2. The van der Waals surface area contributed by atoms with E-state index in [1.165, 1.54) is 15.6 Å². The molecule has 0 aromatic carbocycles. The molecule has 1 aromatic rings. The maximum absolute atomic E-state index is 12.7. The van der Waals surface area contributed by atoms with Crippen LogP contribution in [-0.4, -0.2) is 93.7 Å². The van der Waals surface area contributed by atoms with Crippen molar-refractivity contribution in [2.75, 3.05) is 50.8 Å². The van der Waals surface area contributed by atoms with Crippen LogP contribution in [0.5, 0.6) is 0 Å². The second-order valence-electron chi connectivity index (χ2n) is 7.98. The second kappa shape index (κ2) is 8.26. The summed E-state index contributed by atoms with van der Waals surface area (Å²) in [7, 11) is -6.34. The van der Waals surface area contributed by atoms with Crippen LogP contribution < -0.4 is 0 Å². The van der Waals surface area contributed by atoms with Crippen molar-refractivity contribution in [2.24, 2.45) is 0 Å². The minimum absolute atomic E-state index is 0.00401. The number of thiophene rings is 1. The first-order valence-corrected chi connectivity index (χ1v) is 14.1. The molecule has 4 rings (SSSR count). The Kier molecular flexibility index (Phi) is 6.04. The van der Waals surface area contributed by atoms with Gasteiger partial charge in [-0.05, 0) is 31.4 Å². The minimum Gasteiger partial charge on any atom is -0.340 e. The molecule has 8 nitrogen and oxygen atoms in total. The second-order valence-corrected chi connectivity index (χ2v) is 13.5. The molecule has 0 saturated carbocycles. The third-order valence-corrected chi connectivity index (χ3v) is 11.2. The molecule has 0 unspecified atom stereocenters. The number of hydrogen-bond acceptors (Lipinski definition) is 7. The molecule has 3 aliphatic rings. The van der Waals surface area contributed by atoms with Gasteiger partial charge >= 0.3 is 0 Å². The highest BCUT2D eigenvalue weighted by Gasteiger charge is 2.34. The normalized spacial score (nSPS) is 26.2. The highest BCUT2D eigenvalue weighted by Crippen LogP contribution is 2.28. The molecule has 3 saturated heterocycles. The van der Waals surface area contributed by atoms with Crippen molar-refractivity contribution in [2.45, 2.75) is 35.9 Å². The van der Waals surface area contributed by atoms with E-state index in [1.54, 1.807) is 17.0 Å². The number of sulfonamides is 1. The monoisotopic (exact) mass is 461 g/mol. The number of carbonyl (C=O) groups excluding carboxylic acids is 1. The molecule has 0 bridgehead atoms. The number of carbonyl (C=O) groups is 1. The van der Waals surface area contributed by atoms with Crippen LogP contribution in [-0.2, 0) is 31.1 Å². The topological polar surface area (TPSA) is 95.1 Å². The smallest absolute Gasteiger partial charge is 0.252 e. The SMILES string of the molecule is O=C(Cc1ccc(S(=O)(=O)N2CCCC2)s1)N1CCN([C@H]2CCS(=O)(=O)C2)CC1. The fourth-order valence-corrected chi connectivity index (χ4v) is 9.09. The summed E-state index contributed by atoms with van der Waals surface area (Å²) in [6.45, 7) is 3.68. The van der Waals surface area contributed by atoms with E-state index in [0.717, 1.165) is 17.7 Å². The van der Waals surface area contributed by atoms with Crippen LogP contribution in [0.3, 0.4) is 0 Å². The summed E-state index contributed by atoms with van der Waals surface area (Å²) in [5.41, 5.74) is 0. The van der Waals surface area contributed by atoms with Gasteiger partial charge < -0.3 is 4.90 Å². The van der Waals surface area contributed by atoms with E-state index in [0.29, 0.717) is 49.9 Å². The zero-order chi connectivity index (χ0) is 20.6. The predicted molar refractivity (Wildman–Crippen MR) is 111 cm³/mol. The molecule has 0 aliphatic carbocycles. The van der Waals surface area contributed by atoms with Crippen molar-refractivity contribution in [3.05, 3.63) is 17.0 Å². The van der Waals surface area contributed by atoms with Crippen molar-refractivity contribution in [3.8, 4) is 0 Å². The highest BCUT2D eigenvalue weighted by atomic mass is 32.2. The standard InChI is InChI=1S/C18H27N3O5S3/c22-17(20-10-8-19(9-11-20)15-5-12-28(23,24)14-15)13-16-3-4-18(27-16)29(25,26)21-6-1-2-7-21/h3-4,15H,1-2,5-14H2/t15-/m0/s1. The summed E-state index contributed by atoms with van der Waals surface area (Å²) in [6, 6.07) is 3.43. The maximum atomic E-state index is 12.7. The molecule has 1 amide bonds. The lowest BCUT2D eigenvalue weighted by Gasteiger charge is -2.37. The van der Waals surface area contributed by atoms with Gasteiger partial charge in [-0.1, -0.05) is 0 Å². The van der Waals surface area contributed by atoms with Crippen molar-refractivity contribution < 1.29 is 21.6 Å². The molecule has 162 valence electrons. The van der Waals surface area contributed by atoms with E-state index in [4.69, 9.17) is 0 Å². The summed E-state index contributed by atoms with van der Waals surface area (Å²) in [5, 5.41) is 0. The van der Waals surface area contributed by atoms with Gasteiger partial charge in [-0.2, -0.15) is 4.31 Å². The average Bonchev–Trinajstić information content (AvgIpc) is 3.42. The Morgan fingerprint density at radius 3 is 2.38 bits per heavy atom. The van der Waals surface area contributed by atoms with Gasteiger partial charge in [0.1, 0.15) is 4.21 Å². The van der Waals surface area contributed by atoms with Crippen LogP contribution in [0.1, 0.15) is 24.1 Å². The Labute approximate surface area is 176 Å². The van der Waals surface area contributed by atoms with Gasteiger partial charge in [-0.3, -0.25) is 9.69 Å². The number of piperazine rings is 1. The lowest BCUT2D eigenvalue weighted by Crippen LogP contribution is -2.52. The van der Waals surface area contributed by atoms with Crippen molar-refractivity contribution in [1.82, 2.24) is 14.1 Å². The predicted octanol–water partition coefficient (Wildman–Crippen LogP) is 0.406. The van der Waals surface area contributed by atoms with Crippen molar-refractivity contribution in [3.63, 3.8) is 0 Å². The molecule has 1 aromatic heterocycles. The fraction of sp³-hybridized carbons (Fsp3) is 0.722. The number of sulfone groups is 1. The molecule has 29 heavy (non-hydrogen) atoms. The number of hydrogen-bond donors (Lipinski definition) is 0. The van der Waals surface area contributed by atoms with Crippen LogP contribution in [0.4, 0.5) is 0 Å². The molecule has 0 radical (unpaired) electrons. The van der Waals surface area contributed by atoms with Gasteiger partial charge in [0.15, 0.2) is 9.84 Å².